The van der Waals surface area contributed by atoms with Crippen LogP contribution in [0.15, 0.2) is 12.1 Å². The molecule has 21 heavy (non-hydrogen) atoms. The molecule has 0 fully saturated rings. The number of ether oxygens (including phenoxy) is 2. The lowest BCUT2D eigenvalue weighted by Gasteiger charge is -2.20. The first-order chi connectivity index (χ1) is 10.3. The second-order valence-electron chi connectivity index (χ2n) is 5.19. The SMILES string of the molecule is CSCCCCCCNCc1cc(Cl)c2c(c1)OCCO2. The van der Waals surface area contributed by atoms with Crippen molar-refractivity contribution in [2.45, 2.75) is 32.2 Å². The minimum Gasteiger partial charge on any atom is -0.486 e. The predicted octanol–water partition coefficient (Wildman–Crippen LogP) is 4.12. The fourth-order valence-electron chi connectivity index (χ4n) is 2.35. The molecule has 0 saturated carbocycles. The van der Waals surface area contributed by atoms with Gasteiger partial charge < -0.3 is 14.8 Å². The summed E-state index contributed by atoms with van der Waals surface area (Å²) in [6, 6.07) is 3.98. The number of fused-ring (bicyclic) bond motifs is 1. The number of thioether (sulfide) groups is 1. The number of hydrogen-bond acceptors (Lipinski definition) is 4. The third kappa shape index (κ3) is 5.61. The first kappa shape index (κ1) is 16.8. The fourth-order valence-corrected chi connectivity index (χ4v) is 3.13. The van der Waals surface area contributed by atoms with Crippen LogP contribution in [0.3, 0.4) is 0 Å². The monoisotopic (exact) mass is 329 g/mol. The van der Waals surface area contributed by atoms with Gasteiger partial charge in [0.25, 0.3) is 0 Å². The van der Waals surface area contributed by atoms with Crippen LogP contribution in [0.5, 0.6) is 11.5 Å². The summed E-state index contributed by atoms with van der Waals surface area (Å²) in [5.74, 6) is 2.73. The van der Waals surface area contributed by atoms with Crippen molar-refractivity contribution < 1.29 is 9.47 Å². The molecule has 1 aliphatic rings. The zero-order valence-corrected chi connectivity index (χ0v) is 14.2. The highest BCUT2D eigenvalue weighted by molar-refractivity contribution is 7.98. The molecule has 3 nitrogen and oxygen atoms in total. The van der Waals surface area contributed by atoms with Gasteiger partial charge in [0, 0.05) is 6.54 Å². The van der Waals surface area contributed by atoms with E-state index >= 15 is 0 Å². The van der Waals surface area contributed by atoms with E-state index in [1.165, 1.54) is 31.4 Å². The smallest absolute Gasteiger partial charge is 0.179 e. The van der Waals surface area contributed by atoms with E-state index in [4.69, 9.17) is 21.1 Å². The maximum atomic E-state index is 6.22. The van der Waals surface area contributed by atoms with Crippen LogP contribution in [-0.2, 0) is 6.54 Å². The molecule has 1 aromatic rings. The van der Waals surface area contributed by atoms with E-state index < -0.39 is 0 Å². The molecule has 0 saturated heterocycles. The van der Waals surface area contributed by atoms with Gasteiger partial charge in [-0.15, -0.1) is 0 Å². The van der Waals surface area contributed by atoms with Crippen molar-refractivity contribution in [3.05, 3.63) is 22.7 Å². The third-order valence-electron chi connectivity index (χ3n) is 3.44. The lowest BCUT2D eigenvalue weighted by molar-refractivity contribution is 0.171. The number of unbranched alkanes of at least 4 members (excludes halogenated alkanes) is 3. The van der Waals surface area contributed by atoms with Crippen LogP contribution in [-0.4, -0.2) is 31.8 Å². The Hall–Kier alpha value is -0.580. The van der Waals surface area contributed by atoms with Gasteiger partial charge in [-0.3, -0.25) is 0 Å². The Morgan fingerprint density at radius 1 is 1.14 bits per heavy atom. The van der Waals surface area contributed by atoms with Crippen LogP contribution in [0.4, 0.5) is 0 Å². The van der Waals surface area contributed by atoms with E-state index in [0.29, 0.717) is 24.0 Å². The summed E-state index contributed by atoms with van der Waals surface area (Å²) < 4.78 is 11.1. The van der Waals surface area contributed by atoms with Gasteiger partial charge in [0.2, 0.25) is 0 Å². The maximum absolute atomic E-state index is 6.22. The molecular formula is C16H24ClNO2S. The Bertz CT molecular complexity index is 443. The standard InChI is InChI=1S/C16H24ClNO2S/c1-21-9-5-3-2-4-6-18-12-13-10-14(17)16-15(11-13)19-7-8-20-16/h10-11,18H,2-9,12H2,1H3. The van der Waals surface area contributed by atoms with Crippen LogP contribution in [0, 0.1) is 0 Å². The average Bonchev–Trinajstić information content (AvgIpc) is 2.50. The van der Waals surface area contributed by atoms with Gasteiger partial charge in [-0.25, -0.2) is 0 Å². The third-order valence-corrected chi connectivity index (χ3v) is 4.42. The highest BCUT2D eigenvalue weighted by Gasteiger charge is 2.16. The van der Waals surface area contributed by atoms with E-state index in [0.717, 1.165) is 24.4 Å². The molecule has 0 spiro atoms. The largest absolute Gasteiger partial charge is 0.486 e. The van der Waals surface area contributed by atoms with Crippen molar-refractivity contribution in [3.8, 4) is 11.5 Å². The van der Waals surface area contributed by atoms with Crippen molar-refractivity contribution in [2.24, 2.45) is 0 Å². The number of nitrogens with one attached hydrogen (secondary N) is 1. The minimum atomic E-state index is 0.570. The Morgan fingerprint density at radius 2 is 1.95 bits per heavy atom. The van der Waals surface area contributed by atoms with Gasteiger partial charge >= 0.3 is 0 Å². The summed E-state index contributed by atoms with van der Waals surface area (Å²) in [4.78, 5) is 0. The van der Waals surface area contributed by atoms with Gasteiger partial charge in [-0.2, -0.15) is 11.8 Å². The Morgan fingerprint density at radius 3 is 2.81 bits per heavy atom. The van der Waals surface area contributed by atoms with Crippen LogP contribution < -0.4 is 14.8 Å². The summed E-state index contributed by atoms with van der Waals surface area (Å²) in [6.45, 7) is 3.03. The molecular weight excluding hydrogens is 306 g/mol. The average molecular weight is 330 g/mol. The Balaban J connectivity index is 1.68. The van der Waals surface area contributed by atoms with Crippen molar-refractivity contribution in [1.29, 1.82) is 0 Å². The molecule has 0 atom stereocenters. The highest BCUT2D eigenvalue weighted by Crippen LogP contribution is 2.38. The normalized spacial score (nSPS) is 13.4. The van der Waals surface area contributed by atoms with Gasteiger partial charge in [0.05, 0.1) is 5.02 Å². The van der Waals surface area contributed by atoms with E-state index in [1.807, 2.05) is 23.9 Å². The summed E-state index contributed by atoms with van der Waals surface area (Å²) in [6.07, 6.45) is 7.36. The first-order valence-electron chi connectivity index (χ1n) is 7.59. The molecule has 1 aromatic carbocycles. The molecule has 0 bridgehead atoms. The van der Waals surface area contributed by atoms with E-state index in [1.54, 1.807) is 0 Å². The number of benzene rings is 1. The molecule has 1 N–H and O–H groups in total. The Kier molecular flexibility index (Phi) is 7.54. The molecule has 2 rings (SSSR count). The lowest BCUT2D eigenvalue weighted by atomic mass is 10.1. The molecule has 1 aliphatic heterocycles. The lowest BCUT2D eigenvalue weighted by Crippen LogP contribution is -2.17. The van der Waals surface area contributed by atoms with Gasteiger partial charge in [0.15, 0.2) is 11.5 Å². The highest BCUT2D eigenvalue weighted by atomic mass is 35.5. The second-order valence-corrected chi connectivity index (χ2v) is 6.58. The van der Waals surface area contributed by atoms with E-state index in [2.05, 4.69) is 11.6 Å². The quantitative estimate of drug-likeness (QED) is 0.690. The minimum absolute atomic E-state index is 0.570. The zero-order chi connectivity index (χ0) is 14.9. The molecule has 0 radical (unpaired) electrons. The zero-order valence-electron chi connectivity index (χ0n) is 12.6. The number of hydrogen-bond donors (Lipinski definition) is 1. The molecule has 5 heteroatoms. The number of rotatable bonds is 9. The van der Waals surface area contributed by atoms with Crippen LogP contribution in [0.25, 0.3) is 0 Å². The molecule has 0 aromatic heterocycles. The van der Waals surface area contributed by atoms with Crippen LogP contribution >= 0.6 is 23.4 Å². The van der Waals surface area contributed by atoms with Crippen LogP contribution in [0.2, 0.25) is 5.02 Å². The molecule has 1 heterocycles. The van der Waals surface area contributed by atoms with Crippen molar-refractivity contribution in [2.75, 3.05) is 31.8 Å². The maximum Gasteiger partial charge on any atom is 0.179 e. The molecule has 0 amide bonds. The first-order valence-corrected chi connectivity index (χ1v) is 9.36. The molecule has 118 valence electrons. The number of halogens is 1. The topological polar surface area (TPSA) is 30.5 Å². The summed E-state index contributed by atoms with van der Waals surface area (Å²) in [7, 11) is 0. The molecule has 0 aliphatic carbocycles. The van der Waals surface area contributed by atoms with Gasteiger partial charge in [0.1, 0.15) is 13.2 Å². The van der Waals surface area contributed by atoms with Crippen molar-refractivity contribution in [3.63, 3.8) is 0 Å². The van der Waals surface area contributed by atoms with Gasteiger partial charge in [-0.1, -0.05) is 24.4 Å². The molecule has 0 unspecified atom stereocenters. The summed E-state index contributed by atoms with van der Waals surface area (Å²) >= 11 is 8.15. The Labute approximate surface area is 136 Å². The van der Waals surface area contributed by atoms with Crippen LogP contribution in [0.1, 0.15) is 31.2 Å². The van der Waals surface area contributed by atoms with E-state index in [9.17, 15) is 0 Å². The predicted molar refractivity (Wildman–Crippen MR) is 91.0 cm³/mol. The van der Waals surface area contributed by atoms with Crippen molar-refractivity contribution in [1.82, 2.24) is 5.32 Å². The summed E-state index contributed by atoms with van der Waals surface area (Å²) in [5.41, 5.74) is 1.15. The van der Waals surface area contributed by atoms with E-state index in [-0.39, 0.29) is 0 Å². The fraction of sp³-hybridized carbons (Fsp3) is 0.625. The summed E-state index contributed by atoms with van der Waals surface area (Å²) in [5, 5.41) is 4.11. The van der Waals surface area contributed by atoms with Crippen molar-refractivity contribution >= 4 is 23.4 Å². The van der Waals surface area contributed by atoms with Gasteiger partial charge in [-0.05, 0) is 49.1 Å². The second kappa shape index (κ2) is 9.44.